The van der Waals surface area contributed by atoms with Crippen LogP contribution in [0.4, 0.5) is 0 Å². The normalized spacial score (nSPS) is 21.1. The van der Waals surface area contributed by atoms with Gasteiger partial charge < -0.3 is 9.32 Å². The molecule has 0 radical (unpaired) electrons. The summed E-state index contributed by atoms with van der Waals surface area (Å²) in [6.07, 6.45) is 6.63. The Hall–Kier alpha value is -1.64. The van der Waals surface area contributed by atoms with Crippen LogP contribution in [0.2, 0.25) is 0 Å². The highest BCUT2D eigenvalue weighted by Gasteiger charge is 2.30. The van der Waals surface area contributed by atoms with Gasteiger partial charge in [0.05, 0.1) is 10.4 Å². The number of fused-ring (bicyclic) bond motifs is 1. The van der Waals surface area contributed by atoms with Crippen molar-refractivity contribution in [2.45, 2.75) is 37.0 Å². The summed E-state index contributed by atoms with van der Waals surface area (Å²) in [5.74, 6) is 0.279. The van der Waals surface area contributed by atoms with Gasteiger partial charge in [-0.1, -0.05) is 19.3 Å². The Balaban J connectivity index is 1.44. The van der Waals surface area contributed by atoms with Crippen LogP contribution in [-0.2, 0) is 17.1 Å². The summed E-state index contributed by atoms with van der Waals surface area (Å²) in [5, 5.41) is 0. The molecule has 8 heteroatoms. The van der Waals surface area contributed by atoms with Crippen LogP contribution in [0.3, 0.4) is 0 Å². The lowest BCUT2D eigenvalue weighted by atomic mass is 9.89. The van der Waals surface area contributed by atoms with Crippen LogP contribution >= 0.6 is 0 Å². The zero-order valence-electron chi connectivity index (χ0n) is 15.8. The maximum Gasteiger partial charge on any atom is 0.419 e. The summed E-state index contributed by atoms with van der Waals surface area (Å²) in [7, 11) is -1.97. The molecule has 1 aliphatic heterocycles. The SMILES string of the molecule is Cn1c(=O)oc2cc(S(=O)(=O)N3CCN(CC4CCCCC4)CC3)ccc21. The van der Waals surface area contributed by atoms with Gasteiger partial charge in [0, 0.05) is 45.8 Å². The van der Waals surface area contributed by atoms with Crippen LogP contribution in [0.1, 0.15) is 32.1 Å². The summed E-state index contributed by atoms with van der Waals surface area (Å²) >= 11 is 0. The zero-order chi connectivity index (χ0) is 19.0. The summed E-state index contributed by atoms with van der Waals surface area (Å²) in [6, 6.07) is 4.65. The van der Waals surface area contributed by atoms with Crippen LogP contribution in [0, 0.1) is 5.92 Å². The molecule has 0 atom stereocenters. The number of nitrogens with zero attached hydrogens (tertiary/aromatic N) is 3. The molecule has 148 valence electrons. The summed E-state index contributed by atoms with van der Waals surface area (Å²) < 4.78 is 34.1. The van der Waals surface area contributed by atoms with Crippen LogP contribution in [-0.4, -0.2) is 54.9 Å². The average Bonchev–Trinajstić information content (AvgIpc) is 2.96. The lowest BCUT2D eigenvalue weighted by Gasteiger charge is -2.36. The molecule has 2 aromatic rings. The molecule has 1 saturated carbocycles. The molecule has 0 spiro atoms. The quantitative estimate of drug-likeness (QED) is 0.794. The van der Waals surface area contributed by atoms with Gasteiger partial charge in [0.1, 0.15) is 0 Å². The molecular weight excluding hydrogens is 366 g/mol. The molecule has 2 aliphatic rings. The molecule has 0 N–H and O–H groups in total. The smallest absolute Gasteiger partial charge is 0.408 e. The number of hydrogen-bond donors (Lipinski definition) is 0. The molecule has 0 bridgehead atoms. The third kappa shape index (κ3) is 3.70. The maximum absolute atomic E-state index is 13.0. The predicted molar refractivity (Wildman–Crippen MR) is 103 cm³/mol. The van der Waals surface area contributed by atoms with Gasteiger partial charge in [-0.2, -0.15) is 4.31 Å². The number of piperazine rings is 1. The first-order valence-electron chi connectivity index (χ1n) is 9.77. The van der Waals surface area contributed by atoms with E-state index in [1.807, 2.05) is 0 Å². The molecule has 1 aromatic heterocycles. The van der Waals surface area contributed by atoms with Crippen molar-refractivity contribution in [2.75, 3.05) is 32.7 Å². The first-order valence-corrected chi connectivity index (χ1v) is 11.2. The van der Waals surface area contributed by atoms with Gasteiger partial charge >= 0.3 is 5.76 Å². The number of oxazole rings is 1. The Morgan fingerprint density at radius 2 is 1.78 bits per heavy atom. The minimum absolute atomic E-state index is 0.185. The molecule has 1 aliphatic carbocycles. The number of aromatic nitrogens is 1. The van der Waals surface area contributed by atoms with E-state index in [2.05, 4.69) is 4.90 Å². The van der Waals surface area contributed by atoms with Crippen molar-refractivity contribution in [3.8, 4) is 0 Å². The van der Waals surface area contributed by atoms with Gasteiger partial charge in [0.25, 0.3) is 0 Å². The third-order valence-corrected chi connectivity index (χ3v) is 7.87. The fraction of sp³-hybridized carbons (Fsp3) is 0.632. The number of aryl methyl sites for hydroxylation is 1. The molecule has 2 heterocycles. The van der Waals surface area contributed by atoms with E-state index in [1.54, 1.807) is 23.5 Å². The van der Waals surface area contributed by atoms with Crippen molar-refractivity contribution in [2.24, 2.45) is 13.0 Å². The van der Waals surface area contributed by atoms with E-state index in [1.165, 1.54) is 42.7 Å². The van der Waals surface area contributed by atoms with E-state index >= 15 is 0 Å². The number of rotatable bonds is 4. The number of benzene rings is 1. The Morgan fingerprint density at radius 3 is 2.48 bits per heavy atom. The fourth-order valence-electron chi connectivity index (χ4n) is 4.31. The first-order chi connectivity index (χ1) is 12.9. The lowest BCUT2D eigenvalue weighted by Crippen LogP contribution is -2.49. The van der Waals surface area contributed by atoms with Crippen LogP contribution in [0.15, 0.2) is 32.3 Å². The Kier molecular flexibility index (Phi) is 5.13. The second kappa shape index (κ2) is 7.41. The van der Waals surface area contributed by atoms with Crippen molar-refractivity contribution in [3.05, 3.63) is 28.7 Å². The fourth-order valence-corrected chi connectivity index (χ4v) is 5.75. The zero-order valence-corrected chi connectivity index (χ0v) is 16.6. The minimum atomic E-state index is -3.58. The van der Waals surface area contributed by atoms with Gasteiger partial charge in [0.15, 0.2) is 5.58 Å². The number of sulfonamides is 1. The third-order valence-electron chi connectivity index (χ3n) is 5.97. The standard InChI is InChI=1S/C19H27N3O4S/c1-20-17-8-7-16(13-18(17)26-19(20)23)27(24,25)22-11-9-21(10-12-22)14-15-5-3-2-4-6-15/h7-8,13,15H,2-6,9-12,14H2,1H3. The van der Waals surface area contributed by atoms with E-state index in [-0.39, 0.29) is 4.90 Å². The van der Waals surface area contributed by atoms with Crippen molar-refractivity contribution in [1.29, 1.82) is 0 Å². The molecule has 0 amide bonds. The van der Waals surface area contributed by atoms with Gasteiger partial charge in [-0.25, -0.2) is 13.2 Å². The summed E-state index contributed by atoms with van der Waals surface area (Å²) in [5.41, 5.74) is 0.899. The van der Waals surface area contributed by atoms with E-state index < -0.39 is 15.8 Å². The van der Waals surface area contributed by atoms with E-state index in [0.717, 1.165) is 25.6 Å². The molecule has 1 aromatic carbocycles. The predicted octanol–water partition coefficient (Wildman–Crippen LogP) is 2.02. The summed E-state index contributed by atoms with van der Waals surface area (Å²) in [4.78, 5) is 14.2. The molecule has 2 fully saturated rings. The first kappa shape index (κ1) is 18.7. The van der Waals surface area contributed by atoms with Crippen molar-refractivity contribution in [1.82, 2.24) is 13.8 Å². The minimum Gasteiger partial charge on any atom is -0.408 e. The van der Waals surface area contributed by atoms with Gasteiger partial charge in [-0.15, -0.1) is 0 Å². The molecule has 7 nitrogen and oxygen atoms in total. The summed E-state index contributed by atoms with van der Waals surface area (Å²) in [6.45, 7) is 3.66. The van der Waals surface area contributed by atoms with E-state index in [9.17, 15) is 13.2 Å². The second-order valence-electron chi connectivity index (χ2n) is 7.77. The monoisotopic (exact) mass is 393 g/mol. The number of hydrogen-bond acceptors (Lipinski definition) is 5. The topological polar surface area (TPSA) is 75.8 Å². The molecule has 4 rings (SSSR count). The molecule has 0 unspecified atom stereocenters. The Morgan fingerprint density at radius 1 is 1.07 bits per heavy atom. The van der Waals surface area contributed by atoms with Gasteiger partial charge in [-0.05, 0) is 30.9 Å². The van der Waals surface area contributed by atoms with Gasteiger partial charge in [0.2, 0.25) is 10.0 Å². The maximum atomic E-state index is 13.0. The lowest BCUT2D eigenvalue weighted by molar-refractivity contribution is 0.150. The van der Waals surface area contributed by atoms with Crippen LogP contribution in [0.5, 0.6) is 0 Å². The van der Waals surface area contributed by atoms with E-state index in [0.29, 0.717) is 24.2 Å². The largest absolute Gasteiger partial charge is 0.419 e. The molecular formula is C19H27N3O4S. The van der Waals surface area contributed by atoms with E-state index in [4.69, 9.17) is 4.42 Å². The van der Waals surface area contributed by atoms with Gasteiger partial charge in [-0.3, -0.25) is 4.57 Å². The Bertz CT molecular complexity index is 964. The van der Waals surface area contributed by atoms with Crippen LogP contribution < -0.4 is 5.76 Å². The highest BCUT2D eigenvalue weighted by Crippen LogP contribution is 2.26. The van der Waals surface area contributed by atoms with Crippen LogP contribution in [0.25, 0.3) is 11.1 Å². The van der Waals surface area contributed by atoms with Crippen molar-refractivity contribution in [3.63, 3.8) is 0 Å². The Labute approximate surface area is 159 Å². The molecule has 1 saturated heterocycles. The molecule has 27 heavy (non-hydrogen) atoms. The highest BCUT2D eigenvalue weighted by molar-refractivity contribution is 7.89. The van der Waals surface area contributed by atoms with Crippen molar-refractivity contribution >= 4 is 21.1 Å². The highest BCUT2D eigenvalue weighted by atomic mass is 32.2. The van der Waals surface area contributed by atoms with Crippen molar-refractivity contribution < 1.29 is 12.8 Å². The second-order valence-corrected chi connectivity index (χ2v) is 9.70. The average molecular weight is 394 g/mol.